The number of benzene rings is 2. The van der Waals surface area contributed by atoms with Gasteiger partial charge in [0.15, 0.2) is 5.82 Å². The van der Waals surface area contributed by atoms with Crippen molar-refractivity contribution in [2.24, 2.45) is 0 Å². The van der Waals surface area contributed by atoms with Gasteiger partial charge in [-0.1, -0.05) is 24.3 Å². The fourth-order valence-corrected chi connectivity index (χ4v) is 2.36. The zero-order valence-electron chi connectivity index (χ0n) is 14.5. The Morgan fingerprint density at radius 2 is 1.79 bits per heavy atom. The molecule has 1 heterocycles. The summed E-state index contributed by atoms with van der Waals surface area (Å²) >= 11 is 0. The molecular weight excluding hydrogens is 389 g/mol. The van der Waals surface area contributed by atoms with E-state index in [1.807, 2.05) is 0 Å². The number of ether oxygens (including phenoxy) is 1. The molecule has 0 spiro atoms. The summed E-state index contributed by atoms with van der Waals surface area (Å²) in [5, 5.41) is 21.9. The van der Waals surface area contributed by atoms with E-state index < -0.39 is 17.9 Å². The monoisotopic (exact) mass is 400 g/mol. The van der Waals surface area contributed by atoms with E-state index in [-0.39, 0.29) is 5.75 Å². The van der Waals surface area contributed by atoms with Crippen molar-refractivity contribution in [1.82, 2.24) is 14.8 Å². The molecule has 1 aromatic heterocycles. The maximum absolute atomic E-state index is 12.2. The van der Waals surface area contributed by atoms with Crippen molar-refractivity contribution in [3.8, 4) is 28.9 Å². The molecule has 3 rings (SSSR count). The second-order valence-corrected chi connectivity index (χ2v) is 5.65. The molecule has 0 aliphatic carbocycles. The van der Waals surface area contributed by atoms with Crippen molar-refractivity contribution in [3.05, 3.63) is 66.0 Å². The Morgan fingerprint density at radius 3 is 2.34 bits per heavy atom. The average molecular weight is 400 g/mol. The van der Waals surface area contributed by atoms with E-state index in [9.17, 15) is 18.0 Å². The van der Waals surface area contributed by atoms with E-state index in [0.29, 0.717) is 22.6 Å². The molecule has 3 aromatic rings. The van der Waals surface area contributed by atoms with Gasteiger partial charge in [-0.05, 0) is 35.9 Å². The summed E-state index contributed by atoms with van der Waals surface area (Å²) < 4.78 is 41.9. The lowest BCUT2D eigenvalue weighted by molar-refractivity contribution is -0.274. The van der Waals surface area contributed by atoms with Crippen LogP contribution in [0.2, 0.25) is 0 Å². The lowest BCUT2D eigenvalue weighted by atomic mass is 10.1. The molecule has 0 bridgehead atoms. The number of rotatable bonds is 5. The number of carboxylic acids is 1. The molecule has 1 N–H and O–H groups in total. The molecule has 2 aromatic carbocycles. The molecule has 0 aliphatic heterocycles. The smallest absolute Gasteiger partial charge is 0.477 e. The summed E-state index contributed by atoms with van der Waals surface area (Å²) in [5.74, 6) is -1.30. The van der Waals surface area contributed by atoms with Gasteiger partial charge in [-0.25, -0.2) is 14.5 Å². The Balaban J connectivity index is 1.78. The van der Waals surface area contributed by atoms with Crippen LogP contribution >= 0.6 is 0 Å². The number of carbonyl (C=O) groups is 1. The van der Waals surface area contributed by atoms with Gasteiger partial charge in [0.25, 0.3) is 0 Å². The minimum atomic E-state index is -4.76. The number of halogens is 3. The SMILES string of the molecule is N#CC(=Cc1ccc(-c2ncn(-c3ccc(OC(F)(F)F)cc3)n2)cc1)C(=O)O. The molecule has 29 heavy (non-hydrogen) atoms. The Bertz CT molecular complexity index is 1100. The third kappa shape index (κ3) is 4.98. The highest BCUT2D eigenvalue weighted by Gasteiger charge is 2.31. The number of nitrogens with zero attached hydrogens (tertiary/aromatic N) is 4. The first-order valence-corrected chi connectivity index (χ1v) is 7.98. The van der Waals surface area contributed by atoms with Gasteiger partial charge < -0.3 is 9.84 Å². The van der Waals surface area contributed by atoms with Crippen LogP contribution in [0.5, 0.6) is 5.75 Å². The summed E-state index contributed by atoms with van der Waals surface area (Å²) in [5.41, 5.74) is 1.25. The quantitative estimate of drug-likeness (QED) is 0.516. The predicted octanol–water partition coefficient (Wildman–Crippen LogP) is 3.82. The van der Waals surface area contributed by atoms with Crippen molar-refractivity contribution in [3.63, 3.8) is 0 Å². The Morgan fingerprint density at radius 1 is 1.14 bits per heavy atom. The maximum atomic E-state index is 12.2. The van der Waals surface area contributed by atoms with Crippen LogP contribution in [0.15, 0.2) is 60.4 Å². The molecule has 10 heteroatoms. The second kappa shape index (κ2) is 7.85. The van der Waals surface area contributed by atoms with Gasteiger partial charge in [-0.3, -0.25) is 0 Å². The van der Waals surface area contributed by atoms with E-state index in [1.165, 1.54) is 41.4 Å². The highest BCUT2D eigenvalue weighted by molar-refractivity contribution is 5.96. The summed E-state index contributed by atoms with van der Waals surface area (Å²) in [6.45, 7) is 0. The standard InChI is InChI=1S/C19H11F3N4O3/c20-19(21,22)29-16-7-5-15(6-8-16)26-11-24-17(25-26)13-3-1-12(2-4-13)9-14(10-23)18(27)28/h1-9,11H,(H,27,28). The molecule has 7 nitrogen and oxygen atoms in total. The van der Waals surface area contributed by atoms with Gasteiger partial charge in [0.05, 0.1) is 5.69 Å². The van der Waals surface area contributed by atoms with Crippen LogP contribution in [0, 0.1) is 11.3 Å². The van der Waals surface area contributed by atoms with Gasteiger partial charge in [0.1, 0.15) is 23.7 Å². The molecule has 0 saturated carbocycles. The largest absolute Gasteiger partial charge is 0.573 e. The number of aromatic nitrogens is 3. The number of hydrogen-bond donors (Lipinski definition) is 1. The van der Waals surface area contributed by atoms with Crippen LogP contribution in [-0.2, 0) is 4.79 Å². The second-order valence-electron chi connectivity index (χ2n) is 5.65. The molecule has 0 unspecified atom stereocenters. The van der Waals surface area contributed by atoms with Crippen molar-refractivity contribution < 1.29 is 27.8 Å². The van der Waals surface area contributed by atoms with E-state index in [4.69, 9.17) is 10.4 Å². The van der Waals surface area contributed by atoms with E-state index in [2.05, 4.69) is 14.8 Å². The third-order valence-electron chi connectivity index (χ3n) is 3.66. The molecule has 0 amide bonds. The summed E-state index contributed by atoms with van der Waals surface area (Å²) in [7, 11) is 0. The third-order valence-corrected chi connectivity index (χ3v) is 3.66. The van der Waals surface area contributed by atoms with Gasteiger partial charge in [0, 0.05) is 5.56 Å². The minimum Gasteiger partial charge on any atom is -0.477 e. The van der Waals surface area contributed by atoms with Gasteiger partial charge >= 0.3 is 12.3 Å². The minimum absolute atomic E-state index is 0.344. The van der Waals surface area contributed by atoms with Gasteiger partial charge in [0.2, 0.25) is 0 Å². The Labute approximate surface area is 161 Å². The van der Waals surface area contributed by atoms with Crippen LogP contribution in [0.25, 0.3) is 23.2 Å². The first kappa shape index (κ1) is 19.6. The summed E-state index contributed by atoms with van der Waals surface area (Å²) in [6.07, 6.45) is -2.12. The topological polar surface area (TPSA) is 101 Å². The highest BCUT2D eigenvalue weighted by atomic mass is 19.4. The fraction of sp³-hybridized carbons (Fsp3) is 0.0526. The number of alkyl halides is 3. The molecule has 146 valence electrons. The van der Waals surface area contributed by atoms with Crippen molar-refractivity contribution in [2.75, 3.05) is 0 Å². The van der Waals surface area contributed by atoms with Crippen LogP contribution in [0.4, 0.5) is 13.2 Å². The number of carboxylic acid groups (broad SMARTS) is 1. The van der Waals surface area contributed by atoms with E-state index in [0.717, 1.165) is 0 Å². The molecule has 0 saturated heterocycles. The summed E-state index contributed by atoms with van der Waals surface area (Å²) in [6, 6.07) is 13.3. The molecule has 0 atom stereocenters. The van der Waals surface area contributed by atoms with Crippen LogP contribution in [0.1, 0.15) is 5.56 Å². The van der Waals surface area contributed by atoms with Crippen LogP contribution in [0.3, 0.4) is 0 Å². The zero-order valence-corrected chi connectivity index (χ0v) is 14.5. The van der Waals surface area contributed by atoms with Gasteiger partial charge in [-0.2, -0.15) is 5.26 Å². The number of nitriles is 1. The maximum Gasteiger partial charge on any atom is 0.573 e. The first-order valence-electron chi connectivity index (χ1n) is 7.98. The fourth-order valence-electron chi connectivity index (χ4n) is 2.36. The Hall–Kier alpha value is -4.13. The van der Waals surface area contributed by atoms with Crippen LogP contribution in [-0.4, -0.2) is 32.2 Å². The lowest BCUT2D eigenvalue weighted by Crippen LogP contribution is -2.17. The summed E-state index contributed by atoms with van der Waals surface area (Å²) in [4.78, 5) is 15.0. The average Bonchev–Trinajstić information content (AvgIpc) is 3.16. The number of aliphatic carboxylic acids is 1. The number of hydrogen-bond acceptors (Lipinski definition) is 5. The zero-order chi connectivity index (χ0) is 21.0. The van der Waals surface area contributed by atoms with Gasteiger partial charge in [-0.15, -0.1) is 18.3 Å². The van der Waals surface area contributed by atoms with Crippen molar-refractivity contribution in [1.29, 1.82) is 5.26 Å². The molecule has 0 aliphatic rings. The van der Waals surface area contributed by atoms with Crippen LogP contribution < -0.4 is 4.74 Å². The van der Waals surface area contributed by atoms with E-state index >= 15 is 0 Å². The molecule has 0 radical (unpaired) electrons. The highest BCUT2D eigenvalue weighted by Crippen LogP contribution is 2.24. The first-order chi connectivity index (χ1) is 13.7. The van der Waals surface area contributed by atoms with E-state index in [1.54, 1.807) is 30.3 Å². The Kier molecular flexibility index (Phi) is 5.32. The molecular formula is C19H11F3N4O3. The van der Waals surface area contributed by atoms with Crippen molar-refractivity contribution in [2.45, 2.75) is 6.36 Å². The lowest BCUT2D eigenvalue weighted by Gasteiger charge is -2.09. The van der Waals surface area contributed by atoms with Crippen molar-refractivity contribution >= 4 is 12.0 Å². The molecule has 0 fully saturated rings. The normalized spacial score (nSPS) is 11.7. The predicted molar refractivity (Wildman–Crippen MR) is 94.7 cm³/mol.